The highest BCUT2D eigenvalue weighted by atomic mass is 32.2. The van der Waals surface area contributed by atoms with E-state index < -0.39 is 34.1 Å². The number of nitrogens with one attached hydrogen (secondary N) is 1. The number of benzene rings is 1. The summed E-state index contributed by atoms with van der Waals surface area (Å²) < 4.78 is 29.4. The molecule has 0 aliphatic carbocycles. The Balaban J connectivity index is 2.03. The molecule has 1 saturated heterocycles. The maximum atomic E-state index is 12.3. The van der Waals surface area contributed by atoms with Gasteiger partial charge < -0.3 is 20.9 Å². The summed E-state index contributed by atoms with van der Waals surface area (Å²) in [4.78, 5) is 25.5. The molecular formula is C16H24N4O6S. The number of ether oxygens (including phenoxy) is 1. The third kappa shape index (κ3) is 4.95. The number of carbonyl (C=O) groups is 2. The summed E-state index contributed by atoms with van der Waals surface area (Å²) in [6, 6.07) is 6.31. The maximum absolute atomic E-state index is 12.3. The second-order valence-electron chi connectivity index (χ2n) is 6.24. The first-order chi connectivity index (χ1) is 12.6. The second kappa shape index (κ2) is 8.21. The lowest BCUT2D eigenvalue weighted by Crippen LogP contribution is -2.67. The summed E-state index contributed by atoms with van der Waals surface area (Å²) in [5.74, 6) is -0.929. The highest BCUT2D eigenvalue weighted by molar-refractivity contribution is 7.88. The molecule has 10 nitrogen and oxygen atoms in total. The van der Waals surface area contributed by atoms with E-state index in [4.69, 9.17) is 10.5 Å². The summed E-state index contributed by atoms with van der Waals surface area (Å²) in [5.41, 5.74) is 3.56. The molecule has 1 heterocycles. The SMILES string of the molecule is COc1ccc(C(=O)NC[C@](O)(C(N)=O)N2CCN(S(C)(=O)=O)CC2)cc1. The fourth-order valence-corrected chi connectivity index (χ4v) is 3.62. The molecule has 2 rings (SSSR count). The molecular weight excluding hydrogens is 376 g/mol. The van der Waals surface area contributed by atoms with Crippen LogP contribution in [0.2, 0.25) is 0 Å². The van der Waals surface area contributed by atoms with Gasteiger partial charge in [0.1, 0.15) is 5.75 Å². The molecule has 1 aromatic rings. The van der Waals surface area contributed by atoms with E-state index in [9.17, 15) is 23.1 Å². The van der Waals surface area contributed by atoms with E-state index >= 15 is 0 Å². The van der Waals surface area contributed by atoms with Crippen LogP contribution >= 0.6 is 0 Å². The predicted octanol–water partition coefficient (Wildman–Crippen LogP) is -1.82. The number of rotatable bonds is 7. The summed E-state index contributed by atoms with van der Waals surface area (Å²) in [5, 5.41) is 13.2. The van der Waals surface area contributed by atoms with Crippen LogP contribution in [-0.2, 0) is 14.8 Å². The largest absolute Gasteiger partial charge is 0.497 e. The molecule has 150 valence electrons. The standard InChI is InChI=1S/C16H24N4O6S/c1-26-13-5-3-12(4-6-13)14(21)18-11-16(23,15(17)22)19-7-9-20(10-8-19)27(2,24)25/h3-6,23H,7-11H2,1-2H3,(H2,17,22)(H,18,21)/t16-/m0/s1. The molecule has 1 atom stereocenters. The highest BCUT2D eigenvalue weighted by Crippen LogP contribution is 2.17. The molecule has 0 spiro atoms. The van der Waals surface area contributed by atoms with Crippen molar-refractivity contribution in [2.24, 2.45) is 5.73 Å². The van der Waals surface area contributed by atoms with E-state index in [1.165, 1.54) is 16.3 Å². The molecule has 1 aliphatic rings. The van der Waals surface area contributed by atoms with Crippen LogP contribution in [0.3, 0.4) is 0 Å². The Kier molecular flexibility index (Phi) is 6.42. The number of nitrogens with two attached hydrogens (primary N) is 1. The van der Waals surface area contributed by atoms with Gasteiger partial charge in [-0.3, -0.25) is 14.5 Å². The van der Waals surface area contributed by atoms with Gasteiger partial charge in [-0.2, -0.15) is 4.31 Å². The zero-order valence-corrected chi connectivity index (χ0v) is 16.0. The molecule has 1 fully saturated rings. The number of primary amides is 1. The molecule has 0 unspecified atom stereocenters. The van der Waals surface area contributed by atoms with Crippen molar-refractivity contribution in [2.75, 3.05) is 46.1 Å². The molecule has 0 saturated carbocycles. The number of methoxy groups -OCH3 is 1. The fourth-order valence-electron chi connectivity index (χ4n) is 2.79. The van der Waals surface area contributed by atoms with Crippen molar-refractivity contribution in [2.45, 2.75) is 5.72 Å². The van der Waals surface area contributed by atoms with Crippen molar-refractivity contribution in [1.82, 2.24) is 14.5 Å². The molecule has 2 amide bonds. The van der Waals surface area contributed by atoms with Crippen molar-refractivity contribution in [3.8, 4) is 5.75 Å². The van der Waals surface area contributed by atoms with Crippen LogP contribution in [-0.4, -0.2) is 86.4 Å². The van der Waals surface area contributed by atoms with Crippen LogP contribution in [0.5, 0.6) is 5.75 Å². The van der Waals surface area contributed by atoms with Crippen molar-refractivity contribution >= 4 is 21.8 Å². The number of amides is 2. The van der Waals surface area contributed by atoms with Gasteiger partial charge in [0.05, 0.1) is 19.9 Å². The van der Waals surface area contributed by atoms with Gasteiger partial charge in [-0.15, -0.1) is 0 Å². The first kappa shape index (κ1) is 21.1. The number of nitrogens with zero attached hydrogens (tertiary/aromatic N) is 2. The second-order valence-corrected chi connectivity index (χ2v) is 8.22. The van der Waals surface area contributed by atoms with E-state index in [0.29, 0.717) is 11.3 Å². The number of sulfonamides is 1. The van der Waals surface area contributed by atoms with Crippen LogP contribution in [0.25, 0.3) is 0 Å². The summed E-state index contributed by atoms with van der Waals surface area (Å²) in [6.07, 6.45) is 1.10. The normalized spacial score (nSPS) is 18.5. The van der Waals surface area contributed by atoms with E-state index in [1.807, 2.05) is 0 Å². The van der Waals surface area contributed by atoms with E-state index in [-0.39, 0.29) is 26.2 Å². The first-order valence-corrected chi connectivity index (χ1v) is 10.1. The molecule has 1 aromatic carbocycles. The number of hydrogen-bond donors (Lipinski definition) is 3. The monoisotopic (exact) mass is 400 g/mol. The van der Waals surface area contributed by atoms with Gasteiger partial charge in [-0.05, 0) is 24.3 Å². The molecule has 0 aromatic heterocycles. The average Bonchev–Trinajstić information content (AvgIpc) is 2.65. The van der Waals surface area contributed by atoms with Gasteiger partial charge in [0, 0.05) is 31.7 Å². The van der Waals surface area contributed by atoms with E-state index in [1.54, 1.807) is 24.3 Å². The predicted molar refractivity (Wildman–Crippen MR) is 97.5 cm³/mol. The smallest absolute Gasteiger partial charge is 0.266 e. The summed E-state index contributed by atoms with van der Waals surface area (Å²) >= 11 is 0. The molecule has 27 heavy (non-hydrogen) atoms. The minimum atomic E-state index is -3.35. The van der Waals surface area contributed by atoms with Crippen molar-refractivity contribution in [3.05, 3.63) is 29.8 Å². The van der Waals surface area contributed by atoms with Gasteiger partial charge in [0.15, 0.2) is 0 Å². The van der Waals surface area contributed by atoms with Crippen LogP contribution in [0, 0.1) is 0 Å². The Morgan fingerprint density at radius 1 is 1.22 bits per heavy atom. The van der Waals surface area contributed by atoms with E-state index in [2.05, 4.69) is 5.32 Å². The van der Waals surface area contributed by atoms with Gasteiger partial charge >= 0.3 is 0 Å². The van der Waals surface area contributed by atoms with Gasteiger partial charge in [-0.25, -0.2) is 8.42 Å². The summed E-state index contributed by atoms with van der Waals surface area (Å²) in [6.45, 7) is 0.00357. The van der Waals surface area contributed by atoms with Crippen molar-refractivity contribution < 1.29 is 27.9 Å². The number of piperazine rings is 1. The van der Waals surface area contributed by atoms with Crippen LogP contribution < -0.4 is 15.8 Å². The van der Waals surface area contributed by atoms with E-state index in [0.717, 1.165) is 6.26 Å². The Morgan fingerprint density at radius 3 is 2.22 bits per heavy atom. The number of carbonyl (C=O) groups excluding carboxylic acids is 2. The van der Waals surface area contributed by atoms with Crippen molar-refractivity contribution in [1.29, 1.82) is 0 Å². The quantitative estimate of drug-likeness (QED) is 0.489. The van der Waals surface area contributed by atoms with Gasteiger partial charge in [0.2, 0.25) is 15.7 Å². The molecule has 0 bridgehead atoms. The third-order valence-corrected chi connectivity index (χ3v) is 5.78. The molecule has 11 heteroatoms. The zero-order chi connectivity index (χ0) is 20.2. The lowest BCUT2D eigenvalue weighted by atomic mass is 10.1. The molecule has 4 N–H and O–H groups in total. The maximum Gasteiger partial charge on any atom is 0.266 e. The van der Waals surface area contributed by atoms with Crippen LogP contribution in [0.15, 0.2) is 24.3 Å². The van der Waals surface area contributed by atoms with Crippen LogP contribution in [0.4, 0.5) is 0 Å². The Hall–Kier alpha value is -2.21. The average molecular weight is 400 g/mol. The zero-order valence-electron chi connectivity index (χ0n) is 15.2. The van der Waals surface area contributed by atoms with Gasteiger partial charge in [0.25, 0.3) is 11.8 Å². The lowest BCUT2D eigenvalue weighted by molar-refractivity contribution is -0.161. The van der Waals surface area contributed by atoms with Gasteiger partial charge in [-0.1, -0.05) is 0 Å². The third-order valence-electron chi connectivity index (χ3n) is 4.47. The Morgan fingerprint density at radius 2 is 1.78 bits per heavy atom. The Bertz CT molecular complexity index is 790. The summed E-state index contributed by atoms with van der Waals surface area (Å²) in [7, 11) is -1.85. The van der Waals surface area contributed by atoms with Crippen molar-refractivity contribution in [3.63, 3.8) is 0 Å². The highest BCUT2D eigenvalue weighted by Gasteiger charge is 2.43. The lowest BCUT2D eigenvalue weighted by Gasteiger charge is -2.41. The number of hydrogen-bond acceptors (Lipinski definition) is 7. The minimum absolute atomic E-state index is 0.102. The molecule has 1 aliphatic heterocycles. The first-order valence-electron chi connectivity index (χ1n) is 8.22. The molecule has 0 radical (unpaired) electrons. The topological polar surface area (TPSA) is 142 Å². The fraction of sp³-hybridized carbons (Fsp3) is 0.500. The van der Waals surface area contributed by atoms with Crippen LogP contribution in [0.1, 0.15) is 10.4 Å². The number of aliphatic hydroxyl groups is 1. The Labute approximate surface area is 157 Å². The minimum Gasteiger partial charge on any atom is -0.497 e.